The minimum atomic E-state index is -4.86. The molecule has 2 rings (SSSR count). The van der Waals surface area contributed by atoms with Gasteiger partial charge in [0.15, 0.2) is 0 Å². The van der Waals surface area contributed by atoms with Crippen LogP contribution in [0.4, 0.5) is 13.2 Å². The molecule has 0 heterocycles. The molecule has 19 heavy (non-hydrogen) atoms. The number of aliphatic hydroxyl groups is 1. The number of halogens is 3. The van der Waals surface area contributed by atoms with Crippen LogP contribution < -0.4 is 5.32 Å². The first-order chi connectivity index (χ1) is 8.91. The van der Waals surface area contributed by atoms with E-state index in [1.54, 1.807) is 18.2 Å². The van der Waals surface area contributed by atoms with Crippen molar-refractivity contribution in [3.05, 3.63) is 34.9 Å². The van der Waals surface area contributed by atoms with Gasteiger partial charge in [-0.1, -0.05) is 18.2 Å². The average molecular weight is 273 g/mol. The number of aliphatic hydroxyl groups excluding tert-OH is 1. The van der Waals surface area contributed by atoms with Gasteiger partial charge in [-0.3, -0.25) is 4.79 Å². The summed E-state index contributed by atoms with van der Waals surface area (Å²) in [4.78, 5) is 11.0. The SMILES string of the molecule is O=C(N[C@@H]1CCCc2cc(CO)ccc21)C(F)(F)F. The molecular formula is C13H14F3NO2. The summed E-state index contributed by atoms with van der Waals surface area (Å²) < 4.78 is 36.8. The molecule has 2 N–H and O–H groups in total. The number of aryl methyl sites for hydroxylation is 1. The van der Waals surface area contributed by atoms with Gasteiger partial charge in [0.1, 0.15) is 0 Å². The second kappa shape index (κ2) is 5.21. The quantitative estimate of drug-likeness (QED) is 0.868. The number of rotatable bonds is 2. The molecule has 6 heteroatoms. The van der Waals surface area contributed by atoms with Crippen molar-refractivity contribution in [3.63, 3.8) is 0 Å². The van der Waals surface area contributed by atoms with Crippen molar-refractivity contribution in [1.29, 1.82) is 0 Å². The maximum absolute atomic E-state index is 12.3. The number of amides is 1. The smallest absolute Gasteiger partial charge is 0.392 e. The van der Waals surface area contributed by atoms with E-state index >= 15 is 0 Å². The van der Waals surface area contributed by atoms with E-state index in [2.05, 4.69) is 0 Å². The summed E-state index contributed by atoms with van der Waals surface area (Å²) in [6, 6.07) is 4.52. The van der Waals surface area contributed by atoms with Gasteiger partial charge < -0.3 is 10.4 Å². The van der Waals surface area contributed by atoms with Gasteiger partial charge in [0.2, 0.25) is 0 Å². The molecular weight excluding hydrogens is 259 g/mol. The Bertz CT molecular complexity index is 485. The Balaban J connectivity index is 2.21. The Morgan fingerprint density at radius 1 is 1.42 bits per heavy atom. The molecule has 0 spiro atoms. The highest BCUT2D eigenvalue weighted by atomic mass is 19.4. The molecule has 1 aromatic rings. The Morgan fingerprint density at radius 2 is 2.16 bits per heavy atom. The standard InChI is InChI=1S/C13H14F3NO2/c14-13(15,16)12(19)17-11-3-1-2-9-6-8(7-18)4-5-10(9)11/h4-6,11,18H,1-3,7H2,(H,17,19)/t11-/m1/s1. The summed E-state index contributed by atoms with van der Waals surface area (Å²) in [6.07, 6.45) is -2.90. The third-order valence-electron chi connectivity index (χ3n) is 3.27. The molecule has 1 aliphatic rings. The topological polar surface area (TPSA) is 49.3 Å². The molecule has 1 aliphatic carbocycles. The maximum Gasteiger partial charge on any atom is 0.471 e. The molecule has 0 bridgehead atoms. The Kier molecular flexibility index (Phi) is 3.80. The van der Waals surface area contributed by atoms with E-state index in [1.165, 1.54) is 0 Å². The predicted octanol–water partition coefficient (Wildman–Crippen LogP) is 2.23. The highest BCUT2D eigenvalue weighted by Crippen LogP contribution is 2.31. The number of benzene rings is 1. The Morgan fingerprint density at radius 3 is 2.79 bits per heavy atom. The lowest BCUT2D eigenvalue weighted by molar-refractivity contribution is -0.174. The maximum atomic E-state index is 12.3. The van der Waals surface area contributed by atoms with Gasteiger partial charge >= 0.3 is 12.1 Å². The fourth-order valence-electron chi connectivity index (χ4n) is 2.36. The molecule has 0 fully saturated rings. The Hall–Kier alpha value is -1.56. The van der Waals surface area contributed by atoms with Crippen LogP contribution in [0.25, 0.3) is 0 Å². The zero-order chi connectivity index (χ0) is 14.0. The minimum absolute atomic E-state index is 0.104. The number of nitrogens with one attached hydrogen (secondary N) is 1. The van der Waals surface area contributed by atoms with E-state index in [0.717, 1.165) is 17.5 Å². The van der Waals surface area contributed by atoms with Crippen molar-refractivity contribution in [3.8, 4) is 0 Å². The second-order valence-corrected chi connectivity index (χ2v) is 4.61. The highest BCUT2D eigenvalue weighted by Gasteiger charge is 2.40. The van der Waals surface area contributed by atoms with Crippen molar-refractivity contribution in [2.24, 2.45) is 0 Å². The van der Waals surface area contributed by atoms with Gasteiger partial charge in [-0.25, -0.2) is 0 Å². The molecule has 0 saturated heterocycles. The number of fused-ring (bicyclic) bond motifs is 1. The van der Waals surface area contributed by atoms with Crippen LogP contribution >= 0.6 is 0 Å². The predicted molar refractivity (Wildman–Crippen MR) is 62.2 cm³/mol. The highest BCUT2D eigenvalue weighted by molar-refractivity contribution is 5.82. The second-order valence-electron chi connectivity index (χ2n) is 4.61. The first-order valence-electron chi connectivity index (χ1n) is 6.02. The summed E-state index contributed by atoms with van der Waals surface area (Å²) in [5, 5.41) is 11.1. The van der Waals surface area contributed by atoms with E-state index in [4.69, 9.17) is 5.11 Å². The molecule has 1 aromatic carbocycles. The number of carbonyl (C=O) groups excluding carboxylic acids is 1. The van der Waals surface area contributed by atoms with Gasteiger partial charge in [0.05, 0.1) is 12.6 Å². The number of alkyl halides is 3. The zero-order valence-electron chi connectivity index (χ0n) is 10.1. The third kappa shape index (κ3) is 3.07. The summed E-state index contributed by atoms with van der Waals surface area (Å²) in [5.41, 5.74) is 2.33. The van der Waals surface area contributed by atoms with Crippen LogP contribution in [-0.2, 0) is 17.8 Å². The lowest BCUT2D eigenvalue weighted by Gasteiger charge is -2.27. The lowest BCUT2D eigenvalue weighted by atomic mass is 9.86. The molecule has 104 valence electrons. The normalized spacial score (nSPS) is 18.8. The molecule has 0 radical (unpaired) electrons. The molecule has 0 unspecified atom stereocenters. The fraction of sp³-hybridized carbons (Fsp3) is 0.462. The van der Waals surface area contributed by atoms with Crippen LogP contribution in [-0.4, -0.2) is 17.2 Å². The van der Waals surface area contributed by atoms with Crippen LogP contribution in [0.3, 0.4) is 0 Å². The van der Waals surface area contributed by atoms with Crippen molar-refractivity contribution < 1.29 is 23.1 Å². The average Bonchev–Trinajstić information content (AvgIpc) is 2.37. The largest absolute Gasteiger partial charge is 0.471 e. The Labute approximate surface area is 108 Å². The van der Waals surface area contributed by atoms with E-state index in [9.17, 15) is 18.0 Å². The van der Waals surface area contributed by atoms with Gasteiger partial charge in [-0.2, -0.15) is 13.2 Å². The summed E-state index contributed by atoms with van der Waals surface area (Å²) in [7, 11) is 0. The van der Waals surface area contributed by atoms with Crippen LogP contribution in [0.1, 0.15) is 35.6 Å². The van der Waals surface area contributed by atoms with Gasteiger partial charge in [-0.15, -0.1) is 0 Å². The molecule has 0 saturated carbocycles. The van der Waals surface area contributed by atoms with Crippen LogP contribution in [0.2, 0.25) is 0 Å². The third-order valence-corrected chi connectivity index (χ3v) is 3.27. The first-order valence-corrected chi connectivity index (χ1v) is 6.02. The number of carbonyl (C=O) groups is 1. The fourth-order valence-corrected chi connectivity index (χ4v) is 2.36. The van der Waals surface area contributed by atoms with Crippen LogP contribution in [0.15, 0.2) is 18.2 Å². The molecule has 0 aromatic heterocycles. The van der Waals surface area contributed by atoms with Gasteiger partial charge in [0.25, 0.3) is 0 Å². The van der Waals surface area contributed by atoms with Crippen molar-refractivity contribution >= 4 is 5.91 Å². The molecule has 1 amide bonds. The van der Waals surface area contributed by atoms with Crippen LogP contribution in [0.5, 0.6) is 0 Å². The van der Waals surface area contributed by atoms with Crippen molar-refractivity contribution in [2.75, 3.05) is 0 Å². The van der Waals surface area contributed by atoms with Gasteiger partial charge in [-0.05, 0) is 36.0 Å². The van der Waals surface area contributed by atoms with E-state index in [0.29, 0.717) is 18.4 Å². The first kappa shape index (κ1) is 13.9. The molecule has 0 aliphatic heterocycles. The summed E-state index contributed by atoms with van der Waals surface area (Å²) in [5.74, 6) is -1.91. The van der Waals surface area contributed by atoms with Gasteiger partial charge in [0, 0.05) is 0 Å². The molecule has 1 atom stereocenters. The summed E-state index contributed by atoms with van der Waals surface area (Å²) >= 11 is 0. The molecule has 3 nitrogen and oxygen atoms in total. The number of hydrogen-bond donors (Lipinski definition) is 2. The summed E-state index contributed by atoms with van der Waals surface area (Å²) in [6.45, 7) is -0.104. The van der Waals surface area contributed by atoms with Crippen molar-refractivity contribution in [1.82, 2.24) is 5.32 Å². The van der Waals surface area contributed by atoms with E-state index in [-0.39, 0.29) is 6.61 Å². The monoisotopic (exact) mass is 273 g/mol. The van der Waals surface area contributed by atoms with Crippen molar-refractivity contribution in [2.45, 2.75) is 38.1 Å². The zero-order valence-corrected chi connectivity index (χ0v) is 10.1. The number of hydrogen-bond acceptors (Lipinski definition) is 2. The lowest BCUT2D eigenvalue weighted by Crippen LogP contribution is -2.40. The minimum Gasteiger partial charge on any atom is -0.392 e. The van der Waals surface area contributed by atoms with E-state index < -0.39 is 18.1 Å². The van der Waals surface area contributed by atoms with E-state index in [1.807, 2.05) is 5.32 Å². The van der Waals surface area contributed by atoms with Crippen LogP contribution in [0, 0.1) is 0 Å².